The van der Waals surface area contributed by atoms with E-state index >= 15 is 0 Å². The number of hydrogen-bond acceptors (Lipinski definition) is 3. The summed E-state index contributed by atoms with van der Waals surface area (Å²) < 4.78 is 42.9. The highest BCUT2D eigenvalue weighted by atomic mass is 127. The SMILES string of the molecule is C=CC(=O)N1Cc2sc(I)cc2C(c2ccccc2C(=C/C)/C(=N\C(=C)C)C(F)(F)F)C1. The highest BCUT2D eigenvalue weighted by Gasteiger charge is 2.40. The Labute approximate surface area is 203 Å². The number of rotatable bonds is 5. The molecule has 1 atom stereocenters. The zero-order valence-electron chi connectivity index (χ0n) is 17.7. The number of amides is 1. The number of benzene rings is 1. The van der Waals surface area contributed by atoms with Crippen molar-refractivity contribution in [3.05, 3.63) is 85.8 Å². The summed E-state index contributed by atoms with van der Waals surface area (Å²) in [5.74, 6) is -0.472. The van der Waals surface area contributed by atoms with Crippen molar-refractivity contribution in [2.24, 2.45) is 4.99 Å². The number of aliphatic imine (C=N–C) groups is 1. The van der Waals surface area contributed by atoms with Crippen molar-refractivity contribution in [1.29, 1.82) is 0 Å². The predicted molar refractivity (Wildman–Crippen MR) is 133 cm³/mol. The number of allylic oxidation sites excluding steroid dienone is 3. The Kier molecular flexibility index (Phi) is 7.44. The second-order valence-electron chi connectivity index (χ2n) is 7.39. The van der Waals surface area contributed by atoms with E-state index in [-0.39, 0.29) is 23.1 Å². The van der Waals surface area contributed by atoms with Crippen molar-refractivity contribution >= 4 is 51.1 Å². The molecule has 0 N–H and O–H groups in total. The van der Waals surface area contributed by atoms with E-state index in [1.54, 1.807) is 41.4 Å². The third-order valence-corrected chi connectivity index (χ3v) is 7.05. The van der Waals surface area contributed by atoms with Gasteiger partial charge in [0.05, 0.1) is 9.43 Å². The van der Waals surface area contributed by atoms with E-state index in [2.05, 4.69) is 46.8 Å². The van der Waals surface area contributed by atoms with Crippen molar-refractivity contribution in [1.82, 2.24) is 4.90 Å². The number of carbonyl (C=O) groups excluding carboxylic acids is 1. The molecule has 32 heavy (non-hydrogen) atoms. The molecular weight excluding hydrogens is 548 g/mol. The molecule has 2 aromatic rings. The number of hydrogen-bond donors (Lipinski definition) is 0. The van der Waals surface area contributed by atoms with Gasteiger partial charge in [0.15, 0.2) is 5.71 Å². The van der Waals surface area contributed by atoms with Crippen LogP contribution in [0.1, 0.15) is 41.3 Å². The van der Waals surface area contributed by atoms with Crippen molar-refractivity contribution in [2.75, 3.05) is 6.54 Å². The summed E-state index contributed by atoms with van der Waals surface area (Å²) in [6.07, 6.45) is -1.94. The molecule has 3 rings (SSSR count). The molecule has 0 saturated heterocycles. The quantitative estimate of drug-likeness (QED) is 0.218. The zero-order chi connectivity index (χ0) is 23.6. The first-order valence-electron chi connectivity index (χ1n) is 9.83. The van der Waals surface area contributed by atoms with E-state index in [0.29, 0.717) is 18.7 Å². The number of alkyl halides is 3. The number of nitrogens with zero attached hydrogens (tertiary/aromatic N) is 2. The maximum Gasteiger partial charge on any atom is 0.433 e. The fraction of sp³-hybridized carbons (Fsp3) is 0.250. The number of fused-ring (bicyclic) bond motifs is 1. The van der Waals surface area contributed by atoms with Gasteiger partial charge in [0.1, 0.15) is 0 Å². The maximum atomic E-state index is 14.0. The van der Waals surface area contributed by atoms with E-state index in [0.717, 1.165) is 18.9 Å². The summed E-state index contributed by atoms with van der Waals surface area (Å²) in [5, 5.41) is 0. The van der Waals surface area contributed by atoms with Crippen molar-refractivity contribution in [3.8, 4) is 0 Å². The number of halogens is 4. The molecule has 168 valence electrons. The lowest BCUT2D eigenvalue weighted by Gasteiger charge is -2.34. The minimum atomic E-state index is -4.64. The van der Waals surface area contributed by atoms with Crippen LogP contribution in [0, 0.1) is 2.88 Å². The van der Waals surface area contributed by atoms with E-state index in [9.17, 15) is 18.0 Å². The minimum Gasteiger partial charge on any atom is -0.333 e. The summed E-state index contributed by atoms with van der Waals surface area (Å²) >= 11 is 3.82. The average Bonchev–Trinajstić information content (AvgIpc) is 3.11. The molecule has 1 aliphatic heterocycles. The molecule has 0 fully saturated rings. The lowest BCUT2D eigenvalue weighted by molar-refractivity contribution is -0.127. The summed E-state index contributed by atoms with van der Waals surface area (Å²) in [6.45, 7) is 10.9. The molecule has 3 nitrogen and oxygen atoms in total. The van der Waals surface area contributed by atoms with E-state index < -0.39 is 11.9 Å². The van der Waals surface area contributed by atoms with Gasteiger partial charge >= 0.3 is 6.18 Å². The minimum absolute atomic E-state index is 0.00486. The summed E-state index contributed by atoms with van der Waals surface area (Å²) in [7, 11) is 0. The second-order valence-corrected chi connectivity index (χ2v) is 10.4. The van der Waals surface area contributed by atoms with Crippen LogP contribution in [-0.4, -0.2) is 29.2 Å². The Bertz CT molecular complexity index is 1130. The van der Waals surface area contributed by atoms with Crippen LogP contribution in [0.4, 0.5) is 13.2 Å². The van der Waals surface area contributed by atoms with Gasteiger partial charge in [0, 0.05) is 28.6 Å². The van der Waals surface area contributed by atoms with Crippen LogP contribution < -0.4 is 0 Å². The van der Waals surface area contributed by atoms with Gasteiger partial charge in [-0.15, -0.1) is 11.3 Å². The van der Waals surface area contributed by atoms with Crippen molar-refractivity contribution in [2.45, 2.75) is 32.5 Å². The van der Waals surface area contributed by atoms with E-state index in [1.807, 2.05) is 6.07 Å². The Morgan fingerprint density at radius 3 is 2.59 bits per heavy atom. The molecular formula is C24H22F3IN2OS. The average molecular weight is 570 g/mol. The van der Waals surface area contributed by atoms with Gasteiger partial charge in [-0.2, -0.15) is 13.2 Å². The smallest absolute Gasteiger partial charge is 0.333 e. The maximum absolute atomic E-state index is 14.0. The summed E-state index contributed by atoms with van der Waals surface area (Å²) in [5.41, 5.74) is 1.29. The normalized spacial score (nSPS) is 17.2. The Morgan fingerprint density at radius 2 is 2.00 bits per heavy atom. The molecule has 1 aromatic carbocycles. The van der Waals surface area contributed by atoms with Crippen LogP contribution in [0.2, 0.25) is 0 Å². The molecule has 1 amide bonds. The topological polar surface area (TPSA) is 32.7 Å². The van der Waals surface area contributed by atoms with Crippen molar-refractivity contribution in [3.63, 3.8) is 0 Å². The molecule has 1 unspecified atom stereocenters. The largest absolute Gasteiger partial charge is 0.433 e. The van der Waals surface area contributed by atoms with Crippen molar-refractivity contribution < 1.29 is 18.0 Å². The van der Waals surface area contributed by atoms with Crippen LogP contribution in [0.25, 0.3) is 5.57 Å². The Balaban J connectivity index is 2.20. The lowest BCUT2D eigenvalue weighted by atomic mass is 9.82. The third kappa shape index (κ3) is 5.06. The van der Waals surface area contributed by atoms with Gasteiger partial charge in [0.2, 0.25) is 5.91 Å². The Hall–Kier alpha value is -2.20. The van der Waals surface area contributed by atoms with E-state index in [1.165, 1.54) is 19.1 Å². The third-order valence-electron chi connectivity index (χ3n) is 5.15. The highest BCUT2D eigenvalue weighted by Crippen LogP contribution is 2.42. The summed E-state index contributed by atoms with van der Waals surface area (Å²) in [6, 6.07) is 9.08. The van der Waals surface area contributed by atoms with Crippen LogP contribution >= 0.6 is 33.9 Å². The standard InChI is InChI=1S/C24H22F3IN2OS/c1-5-15(23(24(25,26)27)29-14(3)4)16-9-7-8-10-17(16)19-12-30(22(31)6-2)13-20-18(19)11-21(28)32-20/h5-11,19H,2-3,12-13H2,1,4H3/b15-5-,29-23+. The molecule has 0 spiro atoms. The molecule has 1 aromatic heterocycles. The first-order valence-corrected chi connectivity index (χ1v) is 11.7. The molecule has 1 aliphatic rings. The molecule has 0 radical (unpaired) electrons. The highest BCUT2D eigenvalue weighted by molar-refractivity contribution is 14.1. The fourth-order valence-electron chi connectivity index (χ4n) is 3.88. The van der Waals surface area contributed by atoms with Crippen LogP contribution in [0.3, 0.4) is 0 Å². The molecule has 0 bridgehead atoms. The monoisotopic (exact) mass is 570 g/mol. The van der Waals surface area contributed by atoms with Gasteiger partial charge in [-0.05, 0) is 65.3 Å². The number of carbonyl (C=O) groups is 1. The predicted octanol–water partition coefficient (Wildman–Crippen LogP) is 6.95. The Morgan fingerprint density at radius 1 is 1.31 bits per heavy atom. The fourth-order valence-corrected chi connectivity index (χ4v) is 5.97. The van der Waals surface area contributed by atoms with Gasteiger partial charge < -0.3 is 4.90 Å². The summed E-state index contributed by atoms with van der Waals surface area (Å²) in [4.78, 5) is 18.9. The van der Waals surface area contributed by atoms with Gasteiger partial charge in [-0.3, -0.25) is 4.79 Å². The van der Waals surface area contributed by atoms with E-state index in [4.69, 9.17) is 0 Å². The van der Waals surface area contributed by atoms with Crippen LogP contribution in [0.15, 0.2) is 66.3 Å². The van der Waals surface area contributed by atoms with Gasteiger partial charge in [-0.25, -0.2) is 4.99 Å². The lowest BCUT2D eigenvalue weighted by Crippen LogP contribution is -2.37. The van der Waals surface area contributed by atoms with Gasteiger partial charge in [0.25, 0.3) is 0 Å². The molecule has 2 heterocycles. The first kappa shape index (κ1) is 24.4. The molecule has 8 heteroatoms. The first-order chi connectivity index (χ1) is 15.1. The zero-order valence-corrected chi connectivity index (χ0v) is 20.6. The second kappa shape index (κ2) is 9.74. The van der Waals surface area contributed by atoms with Gasteiger partial charge in [-0.1, -0.05) is 43.5 Å². The molecule has 0 aliphatic carbocycles. The molecule has 0 saturated carbocycles. The van der Waals surface area contributed by atoms with Crippen LogP contribution in [-0.2, 0) is 11.3 Å². The van der Waals surface area contributed by atoms with Crippen LogP contribution in [0.5, 0.6) is 0 Å². The number of thiophene rings is 1.